The molecule has 0 spiro atoms. The zero-order chi connectivity index (χ0) is 19.4. The summed E-state index contributed by atoms with van der Waals surface area (Å²) in [5, 5.41) is 18.1. The van der Waals surface area contributed by atoms with Crippen molar-refractivity contribution in [1.82, 2.24) is 20.3 Å². The second kappa shape index (κ2) is 7.84. The van der Waals surface area contributed by atoms with Crippen molar-refractivity contribution in [3.63, 3.8) is 0 Å². The predicted octanol–water partition coefficient (Wildman–Crippen LogP) is -0.0195. The Labute approximate surface area is 156 Å². The van der Waals surface area contributed by atoms with Crippen LogP contribution in [0.25, 0.3) is 0 Å². The lowest BCUT2D eigenvalue weighted by atomic mass is 9.85. The average Bonchev–Trinajstić information content (AvgIpc) is 2.97. The number of nitrogens with one attached hydrogen (secondary N) is 2. The van der Waals surface area contributed by atoms with Crippen molar-refractivity contribution in [2.75, 3.05) is 5.32 Å². The Balaban J connectivity index is 1.47. The molecule has 0 radical (unpaired) electrons. The number of hydrogen-bond donors (Lipinski definition) is 3. The minimum Gasteiger partial charge on any atom is -0.350 e. The maximum atomic E-state index is 12.0. The third-order valence-corrected chi connectivity index (χ3v) is 5.24. The number of hydrogen-bond acceptors (Lipinski definition) is 6. The van der Waals surface area contributed by atoms with Crippen molar-refractivity contribution in [2.45, 2.75) is 37.2 Å². The van der Waals surface area contributed by atoms with Crippen molar-refractivity contribution in [1.29, 1.82) is 0 Å². The Hall–Kier alpha value is -2.79. The highest BCUT2D eigenvalue weighted by Crippen LogP contribution is 2.27. The normalized spacial score (nSPS) is 14.4. The van der Waals surface area contributed by atoms with E-state index in [9.17, 15) is 18.0 Å². The standard InChI is InChI=1S/C16H20N6O4S/c17-27(25,26)13-6-4-11(5-7-13)8-18-15(23)10-22-9-14(20-21-22)19-16(24)12-2-1-3-12/h4-7,9,12H,1-3,8,10H2,(H,18,23)(H,19,24)(H2,17,25,26). The number of sulfonamides is 1. The van der Waals surface area contributed by atoms with E-state index < -0.39 is 10.0 Å². The molecule has 10 nitrogen and oxygen atoms in total. The van der Waals surface area contributed by atoms with Crippen LogP contribution < -0.4 is 15.8 Å². The molecule has 1 aliphatic rings. The Morgan fingerprint density at radius 2 is 1.93 bits per heavy atom. The fourth-order valence-corrected chi connectivity index (χ4v) is 3.05. The van der Waals surface area contributed by atoms with Gasteiger partial charge in [0.15, 0.2) is 5.82 Å². The fraction of sp³-hybridized carbons (Fsp3) is 0.375. The molecule has 2 aromatic rings. The van der Waals surface area contributed by atoms with Gasteiger partial charge in [0.25, 0.3) is 0 Å². The third kappa shape index (κ3) is 5.11. The fourth-order valence-electron chi connectivity index (χ4n) is 2.53. The van der Waals surface area contributed by atoms with E-state index in [1.165, 1.54) is 23.0 Å². The summed E-state index contributed by atoms with van der Waals surface area (Å²) in [6.07, 6.45) is 4.34. The number of amides is 2. The van der Waals surface area contributed by atoms with Crippen LogP contribution in [0.1, 0.15) is 24.8 Å². The van der Waals surface area contributed by atoms with Crippen LogP contribution >= 0.6 is 0 Å². The van der Waals surface area contributed by atoms with E-state index in [2.05, 4.69) is 20.9 Å². The van der Waals surface area contributed by atoms with Crippen LogP contribution in [0, 0.1) is 5.92 Å². The molecule has 0 aliphatic heterocycles. The summed E-state index contributed by atoms with van der Waals surface area (Å²) >= 11 is 0. The molecule has 27 heavy (non-hydrogen) atoms. The summed E-state index contributed by atoms with van der Waals surface area (Å²) in [7, 11) is -3.74. The molecule has 4 N–H and O–H groups in total. The molecular formula is C16H20N6O4S. The van der Waals surface area contributed by atoms with Gasteiger partial charge < -0.3 is 10.6 Å². The maximum Gasteiger partial charge on any atom is 0.242 e. The van der Waals surface area contributed by atoms with Crippen LogP contribution in [0.2, 0.25) is 0 Å². The van der Waals surface area contributed by atoms with Crippen LogP contribution in [0.15, 0.2) is 35.4 Å². The first-order valence-corrected chi connectivity index (χ1v) is 9.95. The minimum atomic E-state index is -3.74. The molecule has 1 aromatic heterocycles. The Bertz CT molecular complexity index is 934. The second-order valence-corrected chi connectivity index (χ2v) is 7.95. The largest absolute Gasteiger partial charge is 0.350 e. The van der Waals surface area contributed by atoms with Crippen molar-refractivity contribution < 1.29 is 18.0 Å². The molecule has 1 aliphatic carbocycles. The maximum absolute atomic E-state index is 12.0. The predicted molar refractivity (Wildman–Crippen MR) is 95.7 cm³/mol. The Morgan fingerprint density at radius 1 is 1.22 bits per heavy atom. The molecule has 1 saturated carbocycles. The summed E-state index contributed by atoms with van der Waals surface area (Å²) in [6.45, 7) is 0.172. The van der Waals surface area contributed by atoms with Gasteiger partial charge in [0, 0.05) is 12.5 Å². The number of carbonyl (C=O) groups excluding carboxylic acids is 2. The van der Waals surface area contributed by atoms with E-state index in [0.717, 1.165) is 24.8 Å². The quantitative estimate of drug-likeness (QED) is 0.603. The average molecular weight is 392 g/mol. The summed E-state index contributed by atoms with van der Waals surface area (Å²) in [6, 6.07) is 5.91. The zero-order valence-electron chi connectivity index (χ0n) is 14.5. The van der Waals surface area contributed by atoms with Gasteiger partial charge in [-0.25, -0.2) is 18.2 Å². The summed E-state index contributed by atoms with van der Waals surface area (Å²) < 4.78 is 23.7. The number of nitrogens with zero attached hydrogens (tertiary/aromatic N) is 3. The highest BCUT2D eigenvalue weighted by Gasteiger charge is 2.25. The lowest BCUT2D eigenvalue weighted by Gasteiger charge is -2.23. The topological polar surface area (TPSA) is 149 Å². The smallest absolute Gasteiger partial charge is 0.242 e. The number of anilines is 1. The zero-order valence-corrected chi connectivity index (χ0v) is 15.3. The summed E-state index contributed by atoms with van der Waals surface area (Å²) in [5.41, 5.74) is 0.725. The summed E-state index contributed by atoms with van der Waals surface area (Å²) in [4.78, 5) is 23.9. The van der Waals surface area contributed by atoms with E-state index in [1.807, 2.05) is 0 Å². The van der Waals surface area contributed by atoms with Crippen LogP contribution in [-0.2, 0) is 32.7 Å². The number of rotatable bonds is 7. The van der Waals surface area contributed by atoms with Crippen LogP contribution in [0.5, 0.6) is 0 Å². The van der Waals surface area contributed by atoms with Crippen molar-refractivity contribution in [3.8, 4) is 0 Å². The van der Waals surface area contributed by atoms with Gasteiger partial charge in [0.1, 0.15) is 6.54 Å². The van der Waals surface area contributed by atoms with Gasteiger partial charge in [-0.15, -0.1) is 5.10 Å². The van der Waals surface area contributed by atoms with Crippen molar-refractivity contribution in [3.05, 3.63) is 36.0 Å². The third-order valence-electron chi connectivity index (χ3n) is 4.31. The van der Waals surface area contributed by atoms with Crippen LogP contribution in [0.3, 0.4) is 0 Å². The van der Waals surface area contributed by atoms with Gasteiger partial charge in [0.2, 0.25) is 21.8 Å². The minimum absolute atomic E-state index is 0.0108. The van der Waals surface area contributed by atoms with Gasteiger partial charge in [0.05, 0.1) is 11.1 Å². The molecule has 144 valence electrons. The Kier molecular flexibility index (Phi) is 5.51. The molecule has 1 aromatic carbocycles. The first-order chi connectivity index (χ1) is 12.8. The van der Waals surface area contributed by atoms with E-state index in [-0.39, 0.29) is 35.7 Å². The SMILES string of the molecule is NS(=O)(=O)c1ccc(CNC(=O)Cn2cc(NC(=O)C3CCC3)nn2)cc1. The van der Waals surface area contributed by atoms with E-state index in [0.29, 0.717) is 5.82 Å². The number of aromatic nitrogens is 3. The molecule has 2 amide bonds. The molecule has 0 unspecified atom stereocenters. The van der Waals surface area contributed by atoms with Crippen LogP contribution in [-0.4, -0.2) is 35.2 Å². The monoisotopic (exact) mass is 392 g/mol. The number of benzene rings is 1. The molecule has 0 bridgehead atoms. The van der Waals surface area contributed by atoms with Crippen LogP contribution in [0.4, 0.5) is 5.82 Å². The molecule has 0 atom stereocenters. The highest BCUT2D eigenvalue weighted by molar-refractivity contribution is 7.89. The van der Waals surface area contributed by atoms with Gasteiger partial charge in [-0.05, 0) is 30.5 Å². The molecule has 11 heteroatoms. The first kappa shape index (κ1) is 19.0. The van der Waals surface area contributed by atoms with E-state index in [4.69, 9.17) is 5.14 Å². The Morgan fingerprint density at radius 3 is 2.52 bits per heavy atom. The first-order valence-electron chi connectivity index (χ1n) is 8.41. The number of nitrogens with two attached hydrogens (primary N) is 1. The van der Waals surface area contributed by atoms with Gasteiger partial charge in [-0.3, -0.25) is 9.59 Å². The second-order valence-electron chi connectivity index (χ2n) is 6.38. The molecule has 3 rings (SSSR count). The van der Waals surface area contributed by atoms with Crippen molar-refractivity contribution in [2.24, 2.45) is 11.1 Å². The molecule has 1 heterocycles. The molecule has 0 saturated heterocycles. The lowest BCUT2D eigenvalue weighted by Crippen LogP contribution is -2.28. The summed E-state index contributed by atoms with van der Waals surface area (Å²) in [5.74, 6) is -0.00892. The van der Waals surface area contributed by atoms with Gasteiger partial charge in [-0.1, -0.05) is 23.8 Å². The molecule has 1 fully saturated rings. The van der Waals surface area contributed by atoms with Gasteiger partial charge in [-0.2, -0.15) is 0 Å². The number of carbonyl (C=O) groups is 2. The number of primary sulfonamides is 1. The molecular weight excluding hydrogens is 372 g/mol. The highest BCUT2D eigenvalue weighted by atomic mass is 32.2. The lowest BCUT2D eigenvalue weighted by molar-refractivity contribution is -0.122. The van der Waals surface area contributed by atoms with E-state index in [1.54, 1.807) is 12.1 Å². The van der Waals surface area contributed by atoms with Crippen molar-refractivity contribution >= 4 is 27.7 Å². The van der Waals surface area contributed by atoms with Gasteiger partial charge >= 0.3 is 0 Å². The van der Waals surface area contributed by atoms with E-state index >= 15 is 0 Å².